The van der Waals surface area contributed by atoms with E-state index in [1.54, 1.807) is 0 Å². The molecule has 2 heteroatoms. The highest BCUT2D eigenvalue weighted by molar-refractivity contribution is 5.30. The summed E-state index contributed by atoms with van der Waals surface area (Å²) in [6.07, 6.45) is 9.65. The highest BCUT2D eigenvalue weighted by atomic mass is 14.5. The van der Waals surface area contributed by atoms with Crippen LogP contribution in [0.15, 0.2) is 24.3 Å². The van der Waals surface area contributed by atoms with Crippen molar-refractivity contribution in [3.05, 3.63) is 24.3 Å². The Bertz CT molecular complexity index is 353. The van der Waals surface area contributed by atoms with Crippen LogP contribution in [0.25, 0.3) is 0 Å². The second-order valence-electron chi connectivity index (χ2n) is 3.82. The first-order chi connectivity index (χ1) is 6.30. The van der Waals surface area contributed by atoms with Crippen molar-refractivity contribution in [1.29, 1.82) is 10.5 Å². The second-order valence-corrected chi connectivity index (χ2v) is 3.82. The van der Waals surface area contributed by atoms with Gasteiger partial charge in [-0.1, -0.05) is 18.2 Å². The lowest BCUT2D eigenvalue weighted by atomic mass is 9.78. The SMILES string of the molecule is N#CC=CC12C=CC(CC1C#N)C2. The van der Waals surface area contributed by atoms with E-state index in [0.717, 1.165) is 12.8 Å². The summed E-state index contributed by atoms with van der Waals surface area (Å²) >= 11 is 0. The summed E-state index contributed by atoms with van der Waals surface area (Å²) in [5.41, 5.74) is -0.116. The maximum atomic E-state index is 8.95. The third kappa shape index (κ3) is 1.07. The summed E-state index contributed by atoms with van der Waals surface area (Å²) in [5, 5.41) is 17.4. The van der Waals surface area contributed by atoms with E-state index in [2.05, 4.69) is 18.2 Å². The molecule has 0 amide bonds. The molecule has 3 atom stereocenters. The smallest absolute Gasteiger partial charge is 0.0909 e. The molecule has 0 aliphatic heterocycles. The summed E-state index contributed by atoms with van der Waals surface area (Å²) in [5.74, 6) is 0.639. The van der Waals surface area contributed by atoms with Gasteiger partial charge in [-0.25, -0.2) is 0 Å². The number of hydrogen-bond donors (Lipinski definition) is 0. The summed E-state index contributed by atoms with van der Waals surface area (Å²) < 4.78 is 0. The van der Waals surface area contributed by atoms with Crippen LogP contribution in [0.2, 0.25) is 0 Å². The van der Waals surface area contributed by atoms with Crippen molar-refractivity contribution >= 4 is 0 Å². The molecule has 0 aromatic carbocycles. The van der Waals surface area contributed by atoms with Crippen LogP contribution in [0.1, 0.15) is 12.8 Å². The second kappa shape index (κ2) is 2.75. The molecule has 1 fully saturated rings. The lowest BCUT2D eigenvalue weighted by molar-refractivity contribution is 0.434. The summed E-state index contributed by atoms with van der Waals surface area (Å²) in [4.78, 5) is 0. The van der Waals surface area contributed by atoms with Crippen molar-refractivity contribution in [2.24, 2.45) is 17.3 Å². The minimum absolute atomic E-state index is 0.0760. The Labute approximate surface area is 77.8 Å². The van der Waals surface area contributed by atoms with Gasteiger partial charge in [0, 0.05) is 11.5 Å². The average molecular weight is 170 g/mol. The predicted molar refractivity (Wildman–Crippen MR) is 48.2 cm³/mol. The van der Waals surface area contributed by atoms with Crippen molar-refractivity contribution in [1.82, 2.24) is 0 Å². The maximum Gasteiger partial charge on any atom is 0.0909 e. The minimum atomic E-state index is -0.116. The molecule has 2 aliphatic rings. The lowest BCUT2D eigenvalue weighted by Gasteiger charge is -2.22. The first-order valence-electron chi connectivity index (χ1n) is 4.47. The molecule has 0 spiro atoms. The number of nitrogens with zero attached hydrogens (tertiary/aromatic N) is 2. The number of nitriles is 2. The predicted octanol–water partition coefficient (Wildman–Crippen LogP) is 2.17. The third-order valence-corrected chi connectivity index (χ3v) is 3.11. The fourth-order valence-electron chi connectivity index (χ4n) is 2.45. The van der Waals surface area contributed by atoms with E-state index >= 15 is 0 Å². The van der Waals surface area contributed by atoms with Crippen LogP contribution in [-0.2, 0) is 0 Å². The molecule has 0 aromatic rings. The van der Waals surface area contributed by atoms with Crippen molar-refractivity contribution in [3.8, 4) is 12.1 Å². The zero-order valence-corrected chi connectivity index (χ0v) is 7.27. The van der Waals surface area contributed by atoms with Crippen LogP contribution in [0.3, 0.4) is 0 Å². The van der Waals surface area contributed by atoms with E-state index in [1.807, 2.05) is 12.1 Å². The van der Waals surface area contributed by atoms with Crippen LogP contribution in [0, 0.1) is 39.9 Å². The summed E-state index contributed by atoms with van der Waals surface area (Å²) in [7, 11) is 0. The van der Waals surface area contributed by atoms with Gasteiger partial charge in [0.1, 0.15) is 0 Å². The summed E-state index contributed by atoms with van der Waals surface area (Å²) in [6, 6.07) is 4.33. The van der Waals surface area contributed by atoms with Crippen molar-refractivity contribution in [2.45, 2.75) is 12.8 Å². The largest absolute Gasteiger partial charge is 0.198 e. The number of allylic oxidation sites excluding steroid dienone is 4. The van der Waals surface area contributed by atoms with E-state index in [0.29, 0.717) is 5.92 Å². The topological polar surface area (TPSA) is 47.6 Å². The van der Waals surface area contributed by atoms with E-state index in [-0.39, 0.29) is 11.3 Å². The molecule has 2 bridgehead atoms. The molecule has 0 N–H and O–H groups in total. The molecular weight excluding hydrogens is 160 g/mol. The van der Waals surface area contributed by atoms with Gasteiger partial charge >= 0.3 is 0 Å². The zero-order chi connectivity index (χ0) is 9.31. The Hall–Kier alpha value is -1.54. The summed E-state index contributed by atoms with van der Waals surface area (Å²) in [6.45, 7) is 0. The molecule has 0 aromatic heterocycles. The molecule has 2 rings (SSSR count). The molecule has 0 radical (unpaired) electrons. The molecule has 3 unspecified atom stereocenters. The maximum absolute atomic E-state index is 8.95. The van der Waals surface area contributed by atoms with Crippen LogP contribution in [0.4, 0.5) is 0 Å². The van der Waals surface area contributed by atoms with Gasteiger partial charge in [0.15, 0.2) is 0 Å². The number of fused-ring (bicyclic) bond motifs is 2. The Morgan fingerprint density at radius 2 is 2.31 bits per heavy atom. The van der Waals surface area contributed by atoms with E-state index in [1.165, 1.54) is 6.08 Å². The van der Waals surface area contributed by atoms with Crippen molar-refractivity contribution < 1.29 is 0 Å². The Morgan fingerprint density at radius 1 is 1.46 bits per heavy atom. The monoisotopic (exact) mass is 170 g/mol. The van der Waals surface area contributed by atoms with Gasteiger partial charge in [-0.15, -0.1) is 0 Å². The zero-order valence-electron chi connectivity index (χ0n) is 7.27. The Kier molecular flexibility index (Phi) is 1.71. The molecule has 0 saturated heterocycles. The molecule has 0 heterocycles. The van der Waals surface area contributed by atoms with Crippen LogP contribution < -0.4 is 0 Å². The van der Waals surface area contributed by atoms with Gasteiger partial charge in [0.2, 0.25) is 0 Å². The highest BCUT2D eigenvalue weighted by Gasteiger charge is 2.47. The average Bonchev–Trinajstić information content (AvgIpc) is 2.71. The van der Waals surface area contributed by atoms with E-state index < -0.39 is 0 Å². The van der Waals surface area contributed by atoms with Crippen LogP contribution in [-0.4, -0.2) is 0 Å². The lowest BCUT2D eigenvalue weighted by Crippen LogP contribution is -2.18. The van der Waals surface area contributed by atoms with Gasteiger partial charge in [0.25, 0.3) is 0 Å². The van der Waals surface area contributed by atoms with Gasteiger partial charge in [-0.3, -0.25) is 0 Å². The highest BCUT2D eigenvalue weighted by Crippen LogP contribution is 2.53. The molecule has 1 saturated carbocycles. The Morgan fingerprint density at radius 3 is 2.92 bits per heavy atom. The molecule has 64 valence electrons. The standard InChI is InChI=1S/C11H10N2/c12-5-1-3-11-4-2-9(7-11)6-10(11)8-13/h1-4,9-10H,6-7H2. The molecule has 2 nitrogen and oxygen atoms in total. The van der Waals surface area contributed by atoms with Crippen molar-refractivity contribution in [2.75, 3.05) is 0 Å². The Balaban J connectivity index is 2.31. The van der Waals surface area contributed by atoms with Crippen molar-refractivity contribution in [3.63, 3.8) is 0 Å². The normalized spacial score (nSPS) is 40.8. The fraction of sp³-hybridized carbons (Fsp3) is 0.455. The quantitative estimate of drug-likeness (QED) is 0.447. The fourth-order valence-corrected chi connectivity index (χ4v) is 2.45. The molecular formula is C11H10N2. The first-order valence-corrected chi connectivity index (χ1v) is 4.47. The van der Waals surface area contributed by atoms with Crippen LogP contribution in [0.5, 0.6) is 0 Å². The minimum Gasteiger partial charge on any atom is -0.198 e. The first kappa shape index (κ1) is 8.08. The van der Waals surface area contributed by atoms with E-state index in [4.69, 9.17) is 10.5 Å². The number of hydrogen-bond acceptors (Lipinski definition) is 2. The van der Waals surface area contributed by atoms with Gasteiger partial charge in [0.05, 0.1) is 18.1 Å². The van der Waals surface area contributed by atoms with Gasteiger partial charge in [-0.05, 0) is 18.8 Å². The van der Waals surface area contributed by atoms with Gasteiger partial charge in [-0.2, -0.15) is 10.5 Å². The van der Waals surface area contributed by atoms with Crippen LogP contribution >= 0.6 is 0 Å². The third-order valence-electron chi connectivity index (χ3n) is 3.11. The molecule has 13 heavy (non-hydrogen) atoms. The number of rotatable bonds is 1. The molecule has 2 aliphatic carbocycles. The van der Waals surface area contributed by atoms with E-state index in [9.17, 15) is 0 Å². The van der Waals surface area contributed by atoms with Gasteiger partial charge < -0.3 is 0 Å².